The van der Waals surface area contributed by atoms with E-state index >= 15 is 0 Å². The van der Waals surface area contributed by atoms with Crippen molar-refractivity contribution in [1.82, 2.24) is 15.1 Å². The lowest BCUT2D eigenvalue weighted by molar-refractivity contribution is -0.140. The molecule has 1 N–H and O–H groups in total. The van der Waals surface area contributed by atoms with Crippen molar-refractivity contribution in [2.45, 2.75) is 57.4 Å². The molecule has 2 heterocycles. The molecule has 3 amide bonds. The first-order valence-electron chi connectivity index (χ1n) is 12.8. The van der Waals surface area contributed by atoms with Crippen molar-refractivity contribution in [3.05, 3.63) is 24.3 Å². The number of ether oxygens (including phenoxy) is 1. The summed E-state index contributed by atoms with van der Waals surface area (Å²) in [6.45, 7) is 5.26. The number of benzene rings is 1. The van der Waals surface area contributed by atoms with E-state index in [-0.39, 0.29) is 30.1 Å². The number of nitrogens with one attached hydrogen (secondary N) is 1. The lowest BCUT2D eigenvalue weighted by Gasteiger charge is -2.36. The molecule has 2 saturated heterocycles. The first kappa shape index (κ1) is 24.5. The summed E-state index contributed by atoms with van der Waals surface area (Å²) in [5.74, 6) is 0.446. The minimum absolute atomic E-state index is 0.00542. The standard InChI is InChI=1S/C26H38N4O4/c1-34-23-12-6-5-11-22(23)29-17-15-28(16-18-29)13-7-8-14-30-24(31)19-21(26(30)33)27-25(32)20-9-3-2-4-10-20/h5-6,11-12,20-21H,2-4,7-10,13-19H2,1H3,(H,27,32)/t21-/m1/s1. The molecule has 0 spiro atoms. The number of carbonyl (C=O) groups excluding carboxylic acids is 3. The third-order valence-corrected chi connectivity index (χ3v) is 7.44. The SMILES string of the molecule is COc1ccccc1N1CCN(CCCCN2C(=O)C[C@@H](NC(=O)C3CCCCC3)C2=O)CC1. The Morgan fingerprint density at radius 2 is 1.71 bits per heavy atom. The van der Waals surface area contributed by atoms with Gasteiger partial charge in [-0.1, -0.05) is 31.4 Å². The van der Waals surface area contributed by atoms with Gasteiger partial charge in [0.05, 0.1) is 19.2 Å². The molecule has 1 aromatic rings. The first-order valence-corrected chi connectivity index (χ1v) is 12.8. The summed E-state index contributed by atoms with van der Waals surface area (Å²) < 4.78 is 5.49. The fourth-order valence-electron chi connectivity index (χ4n) is 5.39. The summed E-state index contributed by atoms with van der Waals surface area (Å²) in [6.07, 6.45) is 6.90. The third-order valence-electron chi connectivity index (χ3n) is 7.44. The molecule has 0 unspecified atom stereocenters. The highest BCUT2D eigenvalue weighted by atomic mass is 16.5. The quantitative estimate of drug-likeness (QED) is 0.441. The maximum atomic E-state index is 12.7. The number of nitrogens with zero attached hydrogens (tertiary/aromatic N) is 3. The van der Waals surface area contributed by atoms with Gasteiger partial charge in [0.2, 0.25) is 11.8 Å². The van der Waals surface area contributed by atoms with E-state index < -0.39 is 6.04 Å². The van der Waals surface area contributed by atoms with Crippen molar-refractivity contribution in [2.75, 3.05) is 51.3 Å². The second-order valence-corrected chi connectivity index (χ2v) is 9.69. The van der Waals surface area contributed by atoms with Crippen LogP contribution in [0.4, 0.5) is 5.69 Å². The maximum Gasteiger partial charge on any atom is 0.252 e. The molecule has 0 bridgehead atoms. The lowest BCUT2D eigenvalue weighted by atomic mass is 9.88. The van der Waals surface area contributed by atoms with Gasteiger partial charge < -0.3 is 15.0 Å². The third kappa shape index (κ3) is 5.90. The van der Waals surface area contributed by atoms with E-state index in [4.69, 9.17) is 4.74 Å². The molecule has 8 heteroatoms. The van der Waals surface area contributed by atoms with Gasteiger partial charge in [0.25, 0.3) is 5.91 Å². The Bertz CT molecular complexity index is 862. The smallest absolute Gasteiger partial charge is 0.252 e. The van der Waals surface area contributed by atoms with Crippen LogP contribution < -0.4 is 15.0 Å². The summed E-state index contributed by atoms with van der Waals surface area (Å²) in [5, 5.41) is 2.85. The highest BCUT2D eigenvalue weighted by molar-refractivity contribution is 6.06. The van der Waals surface area contributed by atoms with E-state index in [0.29, 0.717) is 6.54 Å². The molecule has 4 rings (SSSR count). The second kappa shape index (κ2) is 11.7. The highest BCUT2D eigenvalue weighted by Crippen LogP contribution is 2.28. The molecule has 3 fully saturated rings. The van der Waals surface area contributed by atoms with E-state index in [9.17, 15) is 14.4 Å². The molecule has 1 saturated carbocycles. The maximum absolute atomic E-state index is 12.7. The number of carbonyl (C=O) groups is 3. The van der Waals surface area contributed by atoms with Crippen LogP contribution in [0.5, 0.6) is 5.75 Å². The van der Waals surface area contributed by atoms with Gasteiger partial charge in [0, 0.05) is 38.6 Å². The molecule has 8 nitrogen and oxygen atoms in total. The highest BCUT2D eigenvalue weighted by Gasteiger charge is 2.39. The van der Waals surface area contributed by atoms with Gasteiger partial charge in [-0.15, -0.1) is 0 Å². The molecular formula is C26H38N4O4. The van der Waals surface area contributed by atoms with E-state index in [2.05, 4.69) is 21.2 Å². The van der Waals surface area contributed by atoms with Crippen LogP contribution in [0.25, 0.3) is 0 Å². The zero-order chi connectivity index (χ0) is 23.9. The van der Waals surface area contributed by atoms with Crippen molar-refractivity contribution in [1.29, 1.82) is 0 Å². The number of hydrogen-bond donors (Lipinski definition) is 1. The Hall–Kier alpha value is -2.61. The minimum Gasteiger partial charge on any atom is -0.495 e. The van der Waals surface area contributed by atoms with Gasteiger partial charge >= 0.3 is 0 Å². The number of piperazine rings is 1. The molecular weight excluding hydrogens is 432 g/mol. The number of likely N-dealkylation sites (tertiary alicyclic amines) is 1. The molecule has 3 aliphatic rings. The molecule has 0 radical (unpaired) electrons. The number of methoxy groups -OCH3 is 1. The number of imide groups is 1. The van der Waals surface area contributed by atoms with Crippen molar-refractivity contribution in [3.8, 4) is 5.75 Å². The monoisotopic (exact) mass is 470 g/mol. The fraction of sp³-hybridized carbons (Fsp3) is 0.654. The van der Waals surface area contributed by atoms with E-state index in [1.54, 1.807) is 7.11 Å². The van der Waals surface area contributed by atoms with Crippen LogP contribution in [0, 0.1) is 5.92 Å². The fourth-order valence-corrected chi connectivity index (χ4v) is 5.39. The van der Waals surface area contributed by atoms with Gasteiger partial charge in [0.15, 0.2) is 0 Å². The average Bonchev–Trinajstić information content (AvgIpc) is 3.14. The van der Waals surface area contributed by atoms with Gasteiger partial charge in [-0.2, -0.15) is 0 Å². The molecule has 2 aliphatic heterocycles. The topological polar surface area (TPSA) is 82.2 Å². The zero-order valence-electron chi connectivity index (χ0n) is 20.3. The number of unbranched alkanes of at least 4 members (excludes halogenated alkanes) is 1. The summed E-state index contributed by atoms with van der Waals surface area (Å²) in [4.78, 5) is 43.8. The molecule has 34 heavy (non-hydrogen) atoms. The number of para-hydroxylation sites is 2. The predicted molar refractivity (Wildman–Crippen MR) is 131 cm³/mol. The minimum atomic E-state index is -0.676. The molecule has 0 aromatic heterocycles. The van der Waals surface area contributed by atoms with Gasteiger partial charge in [-0.3, -0.25) is 24.2 Å². The average molecular weight is 471 g/mol. The number of amides is 3. The number of hydrogen-bond acceptors (Lipinski definition) is 6. The van der Waals surface area contributed by atoms with Crippen molar-refractivity contribution in [2.24, 2.45) is 5.92 Å². The summed E-state index contributed by atoms with van der Waals surface area (Å²) >= 11 is 0. The number of anilines is 1. The Kier molecular flexibility index (Phi) is 8.43. The van der Waals surface area contributed by atoms with E-state index in [0.717, 1.165) is 82.7 Å². The van der Waals surface area contributed by atoms with E-state index in [1.165, 1.54) is 11.3 Å². The van der Waals surface area contributed by atoms with Gasteiger partial charge in [-0.25, -0.2) is 0 Å². The molecule has 186 valence electrons. The lowest BCUT2D eigenvalue weighted by Crippen LogP contribution is -2.47. The Balaban J connectivity index is 1.15. The van der Waals surface area contributed by atoms with Crippen LogP contribution in [-0.2, 0) is 14.4 Å². The first-order chi connectivity index (χ1) is 16.6. The van der Waals surface area contributed by atoms with Crippen molar-refractivity contribution >= 4 is 23.4 Å². The van der Waals surface area contributed by atoms with Crippen molar-refractivity contribution in [3.63, 3.8) is 0 Å². The molecule has 1 aromatic carbocycles. The second-order valence-electron chi connectivity index (χ2n) is 9.69. The van der Waals surface area contributed by atoms with Crippen LogP contribution in [0.1, 0.15) is 51.4 Å². The largest absolute Gasteiger partial charge is 0.495 e. The zero-order valence-corrected chi connectivity index (χ0v) is 20.3. The predicted octanol–water partition coefficient (Wildman–Crippen LogP) is 2.42. The number of rotatable bonds is 9. The van der Waals surface area contributed by atoms with Crippen molar-refractivity contribution < 1.29 is 19.1 Å². The van der Waals surface area contributed by atoms with Crippen LogP contribution >= 0.6 is 0 Å². The summed E-state index contributed by atoms with van der Waals surface area (Å²) in [6, 6.07) is 7.45. The normalized spacial score (nSPS) is 22.3. The van der Waals surface area contributed by atoms with E-state index in [1.807, 2.05) is 18.2 Å². The van der Waals surface area contributed by atoms with Gasteiger partial charge in [0.1, 0.15) is 11.8 Å². The Morgan fingerprint density at radius 3 is 2.44 bits per heavy atom. The van der Waals surface area contributed by atoms with Crippen LogP contribution in [0.15, 0.2) is 24.3 Å². The molecule has 1 aliphatic carbocycles. The summed E-state index contributed by atoms with van der Waals surface area (Å²) in [7, 11) is 1.71. The Labute approximate surface area is 202 Å². The van der Waals surface area contributed by atoms with Crippen LogP contribution in [0.2, 0.25) is 0 Å². The summed E-state index contributed by atoms with van der Waals surface area (Å²) in [5.41, 5.74) is 1.14. The Morgan fingerprint density at radius 1 is 1.00 bits per heavy atom. The van der Waals surface area contributed by atoms with Crippen LogP contribution in [0.3, 0.4) is 0 Å². The van der Waals surface area contributed by atoms with Crippen LogP contribution in [-0.4, -0.2) is 79.9 Å². The van der Waals surface area contributed by atoms with Gasteiger partial charge in [-0.05, 0) is 44.4 Å². The molecule has 1 atom stereocenters.